The average molecular weight is 284 g/mol. The summed E-state index contributed by atoms with van der Waals surface area (Å²) in [6, 6.07) is 0. The fourth-order valence-electron chi connectivity index (χ4n) is 1.70. The molecule has 5 nitrogen and oxygen atoms in total. The minimum absolute atomic E-state index is 0.303. The highest BCUT2D eigenvalue weighted by molar-refractivity contribution is 9.10. The highest BCUT2D eigenvalue weighted by Gasteiger charge is 2.31. The van der Waals surface area contributed by atoms with E-state index in [9.17, 15) is 4.79 Å². The summed E-state index contributed by atoms with van der Waals surface area (Å²) in [6.07, 6.45) is 3.36. The van der Waals surface area contributed by atoms with Gasteiger partial charge in [0.25, 0.3) is 0 Å². The SMILES string of the molecule is O=C1NCC(c2nc(C3CC3)ncc2Br)O1. The summed E-state index contributed by atoms with van der Waals surface area (Å²) >= 11 is 3.39. The number of hydrogen-bond acceptors (Lipinski definition) is 4. The van der Waals surface area contributed by atoms with Gasteiger partial charge < -0.3 is 10.1 Å². The molecule has 0 aromatic carbocycles. The third-order valence-corrected chi connectivity index (χ3v) is 3.33. The van der Waals surface area contributed by atoms with Gasteiger partial charge in [0.05, 0.1) is 11.0 Å². The highest BCUT2D eigenvalue weighted by Crippen LogP contribution is 2.39. The van der Waals surface area contributed by atoms with Crippen LogP contribution in [0.1, 0.15) is 36.4 Å². The van der Waals surface area contributed by atoms with E-state index in [2.05, 4.69) is 31.2 Å². The van der Waals surface area contributed by atoms with Crippen molar-refractivity contribution in [3.8, 4) is 0 Å². The smallest absolute Gasteiger partial charge is 0.408 e. The number of nitrogens with one attached hydrogen (secondary N) is 1. The number of halogens is 1. The van der Waals surface area contributed by atoms with Gasteiger partial charge >= 0.3 is 6.09 Å². The second-order valence-corrected chi connectivity index (χ2v) is 4.86. The van der Waals surface area contributed by atoms with Crippen LogP contribution >= 0.6 is 15.9 Å². The molecule has 0 spiro atoms. The molecule has 1 aliphatic heterocycles. The van der Waals surface area contributed by atoms with E-state index in [0.29, 0.717) is 12.5 Å². The third-order valence-electron chi connectivity index (χ3n) is 2.72. The Morgan fingerprint density at radius 3 is 2.94 bits per heavy atom. The first-order valence-electron chi connectivity index (χ1n) is 5.21. The number of aromatic nitrogens is 2. The molecular formula is C10H10BrN3O2. The van der Waals surface area contributed by atoms with Crippen LogP contribution in [0, 0.1) is 0 Å². The molecule has 1 aromatic heterocycles. The summed E-state index contributed by atoms with van der Waals surface area (Å²) in [5.74, 6) is 1.36. The van der Waals surface area contributed by atoms with Crippen molar-refractivity contribution in [3.05, 3.63) is 22.2 Å². The molecule has 1 atom stereocenters. The standard InChI is InChI=1S/C10H10BrN3O2/c11-6-3-12-9(5-1-2-5)14-8(6)7-4-13-10(15)16-7/h3,5,7H,1-2,4H2,(H,13,15). The molecular weight excluding hydrogens is 274 g/mol. The van der Waals surface area contributed by atoms with Crippen LogP contribution in [0.25, 0.3) is 0 Å². The second kappa shape index (κ2) is 3.69. The maximum absolute atomic E-state index is 11.0. The van der Waals surface area contributed by atoms with E-state index in [0.717, 1.165) is 28.8 Å². The fourth-order valence-corrected chi connectivity index (χ4v) is 2.15. The summed E-state index contributed by atoms with van der Waals surface area (Å²) in [5.41, 5.74) is 0.759. The number of ether oxygens (including phenoxy) is 1. The van der Waals surface area contributed by atoms with E-state index in [1.54, 1.807) is 6.20 Å². The lowest BCUT2D eigenvalue weighted by Gasteiger charge is -2.10. The molecule has 1 unspecified atom stereocenters. The molecule has 1 N–H and O–H groups in total. The van der Waals surface area contributed by atoms with E-state index in [1.807, 2.05) is 0 Å². The number of carbonyl (C=O) groups is 1. The maximum atomic E-state index is 11.0. The van der Waals surface area contributed by atoms with Crippen molar-refractivity contribution < 1.29 is 9.53 Å². The van der Waals surface area contributed by atoms with Gasteiger partial charge in [0.2, 0.25) is 0 Å². The Morgan fingerprint density at radius 1 is 1.50 bits per heavy atom. The maximum Gasteiger partial charge on any atom is 0.408 e. The molecule has 2 fully saturated rings. The lowest BCUT2D eigenvalue weighted by Crippen LogP contribution is -2.13. The Bertz CT molecular complexity index is 448. The topological polar surface area (TPSA) is 64.1 Å². The molecule has 0 radical (unpaired) electrons. The van der Waals surface area contributed by atoms with E-state index in [4.69, 9.17) is 4.74 Å². The van der Waals surface area contributed by atoms with Crippen molar-refractivity contribution in [2.45, 2.75) is 24.9 Å². The van der Waals surface area contributed by atoms with Crippen LogP contribution < -0.4 is 5.32 Å². The molecule has 1 saturated heterocycles. The van der Waals surface area contributed by atoms with Crippen molar-refractivity contribution in [1.82, 2.24) is 15.3 Å². The molecule has 2 heterocycles. The molecule has 0 bridgehead atoms. The monoisotopic (exact) mass is 283 g/mol. The number of amides is 1. The molecule has 84 valence electrons. The zero-order valence-electron chi connectivity index (χ0n) is 8.44. The molecule has 6 heteroatoms. The highest BCUT2D eigenvalue weighted by atomic mass is 79.9. The number of nitrogens with zero attached hydrogens (tertiary/aromatic N) is 2. The second-order valence-electron chi connectivity index (χ2n) is 4.01. The molecule has 1 aromatic rings. The Hall–Kier alpha value is -1.17. The van der Waals surface area contributed by atoms with Crippen molar-refractivity contribution in [2.75, 3.05) is 6.54 Å². The van der Waals surface area contributed by atoms with Gasteiger partial charge in [0, 0.05) is 12.1 Å². The van der Waals surface area contributed by atoms with E-state index >= 15 is 0 Å². The van der Waals surface area contributed by atoms with Crippen LogP contribution in [0.15, 0.2) is 10.7 Å². The summed E-state index contributed by atoms with van der Waals surface area (Å²) in [6.45, 7) is 0.471. The predicted molar refractivity (Wildman–Crippen MR) is 58.9 cm³/mol. The van der Waals surface area contributed by atoms with Crippen LogP contribution in [-0.2, 0) is 4.74 Å². The van der Waals surface area contributed by atoms with E-state index in [1.165, 1.54) is 0 Å². The summed E-state index contributed by atoms with van der Waals surface area (Å²) in [5, 5.41) is 2.62. The van der Waals surface area contributed by atoms with Gasteiger partial charge in [-0.2, -0.15) is 0 Å². The van der Waals surface area contributed by atoms with Crippen molar-refractivity contribution in [2.24, 2.45) is 0 Å². The fraction of sp³-hybridized carbons (Fsp3) is 0.500. The first kappa shape index (κ1) is 10.0. The summed E-state index contributed by atoms with van der Waals surface area (Å²) in [7, 11) is 0. The molecule has 1 saturated carbocycles. The van der Waals surface area contributed by atoms with Gasteiger partial charge in [0.1, 0.15) is 11.5 Å². The molecule has 2 aliphatic rings. The Morgan fingerprint density at radius 2 is 2.31 bits per heavy atom. The molecule has 1 amide bonds. The molecule has 16 heavy (non-hydrogen) atoms. The van der Waals surface area contributed by atoms with Crippen LogP contribution in [0.3, 0.4) is 0 Å². The average Bonchev–Trinajstić information content (AvgIpc) is 3.03. The minimum atomic E-state index is -0.386. The minimum Gasteiger partial charge on any atom is -0.438 e. The molecule has 3 rings (SSSR count). The van der Waals surface area contributed by atoms with Crippen LogP contribution in [0.2, 0.25) is 0 Å². The quantitative estimate of drug-likeness (QED) is 0.900. The van der Waals surface area contributed by atoms with Gasteiger partial charge in [-0.1, -0.05) is 0 Å². The zero-order chi connectivity index (χ0) is 11.1. The van der Waals surface area contributed by atoms with Crippen LogP contribution in [0.4, 0.5) is 4.79 Å². The normalized spacial score (nSPS) is 24.1. The number of rotatable bonds is 2. The van der Waals surface area contributed by atoms with Gasteiger partial charge in [-0.3, -0.25) is 0 Å². The van der Waals surface area contributed by atoms with Gasteiger partial charge in [-0.05, 0) is 28.8 Å². The Labute approximate surface area is 101 Å². The lowest BCUT2D eigenvalue weighted by atomic mass is 10.2. The zero-order valence-corrected chi connectivity index (χ0v) is 10.0. The predicted octanol–water partition coefficient (Wildman–Crippen LogP) is 1.90. The summed E-state index contributed by atoms with van der Waals surface area (Å²) in [4.78, 5) is 19.7. The van der Waals surface area contributed by atoms with Crippen LogP contribution in [0.5, 0.6) is 0 Å². The largest absolute Gasteiger partial charge is 0.438 e. The Kier molecular flexibility index (Phi) is 2.31. The first-order valence-corrected chi connectivity index (χ1v) is 6.00. The lowest BCUT2D eigenvalue weighted by molar-refractivity contribution is 0.138. The van der Waals surface area contributed by atoms with Gasteiger partial charge in [-0.25, -0.2) is 14.8 Å². The van der Waals surface area contributed by atoms with Crippen LogP contribution in [-0.4, -0.2) is 22.6 Å². The Balaban J connectivity index is 1.92. The van der Waals surface area contributed by atoms with E-state index in [-0.39, 0.29) is 12.2 Å². The van der Waals surface area contributed by atoms with Gasteiger partial charge in [-0.15, -0.1) is 0 Å². The van der Waals surface area contributed by atoms with E-state index < -0.39 is 0 Å². The third kappa shape index (κ3) is 1.77. The van der Waals surface area contributed by atoms with Crippen molar-refractivity contribution >= 4 is 22.0 Å². The first-order chi connectivity index (χ1) is 7.74. The van der Waals surface area contributed by atoms with Gasteiger partial charge in [0.15, 0.2) is 6.10 Å². The van der Waals surface area contributed by atoms with Crippen molar-refractivity contribution in [1.29, 1.82) is 0 Å². The summed E-state index contributed by atoms with van der Waals surface area (Å²) < 4.78 is 5.90. The number of cyclic esters (lactones) is 1. The number of hydrogen-bond donors (Lipinski definition) is 1. The van der Waals surface area contributed by atoms with Crippen molar-refractivity contribution in [3.63, 3.8) is 0 Å². The number of carbonyl (C=O) groups excluding carboxylic acids is 1. The molecule has 1 aliphatic carbocycles. The number of alkyl carbamates (subject to hydrolysis) is 1.